The van der Waals surface area contributed by atoms with Crippen molar-refractivity contribution in [2.45, 2.75) is 20.4 Å². The van der Waals surface area contributed by atoms with Crippen LogP contribution in [0.4, 0.5) is 0 Å². The molecule has 0 aliphatic heterocycles. The van der Waals surface area contributed by atoms with Crippen LogP contribution in [0.5, 0.6) is 0 Å². The van der Waals surface area contributed by atoms with Gasteiger partial charge in [0.05, 0.1) is 16.8 Å². The quantitative estimate of drug-likeness (QED) is 0.217. The van der Waals surface area contributed by atoms with Gasteiger partial charge in [0.1, 0.15) is 17.7 Å². The van der Waals surface area contributed by atoms with E-state index in [0.717, 1.165) is 26.6 Å². The summed E-state index contributed by atoms with van der Waals surface area (Å²) in [4.78, 5) is 42.6. The molecule has 5 aromatic rings. The van der Waals surface area contributed by atoms with E-state index in [1.165, 1.54) is 17.4 Å². The number of carbonyl (C=O) groups is 2. The van der Waals surface area contributed by atoms with Crippen LogP contribution in [-0.2, 0) is 16.1 Å². The highest BCUT2D eigenvalue weighted by atomic mass is 32.1. The van der Waals surface area contributed by atoms with Gasteiger partial charge in [-0.1, -0.05) is 47.7 Å². The van der Waals surface area contributed by atoms with Crippen LogP contribution in [0.15, 0.2) is 74.9 Å². The Balaban J connectivity index is 1.68. The molecule has 0 saturated heterocycles. The molecule has 0 radical (unpaired) electrons. The van der Waals surface area contributed by atoms with Crippen molar-refractivity contribution in [3.05, 3.63) is 87.0 Å². The van der Waals surface area contributed by atoms with Crippen LogP contribution >= 0.6 is 11.3 Å². The molecule has 0 bridgehead atoms. The minimum absolute atomic E-state index is 0.0972. The van der Waals surface area contributed by atoms with Gasteiger partial charge in [0.25, 0.3) is 5.91 Å². The molecule has 0 saturated carbocycles. The Bertz CT molecular complexity index is 1720. The van der Waals surface area contributed by atoms with E-state index < -0.39 is 17.5 Å². The van der Waals surface area contributed by atoms with Gasteiger partial charge in [-0.2, -0.15) is 4.99 Å². The van der Waals surface area contributed by atoms with E-state index in [1.54, 1.807) is 17.6 Å². The molecule has 170 valence electrons. The molecule has 2 aromatic heterocycles. The van der Waals surface area contributed by atoms with Crippen molar-refractivity contribution in [2.75, 3.05) is 6.61 Å². The molecule has 5 rings (SSSR count). The molecular formula is C26H20N2O5S. The van der Waals surface area contributed by atoms with Crippen LogP contribution in [0, 0.1) is 6.92 Å². The molecule has 0 unspecified atom stereocenters. The third kappa shape index (κ3) is 3.92. The second-order valence-electron chi connectivity index (χ2n) is 7.81. The Labute approximate surface area is 197 Å². The topological polar surface area (TPSA) is 90.9 Å². The molecule has 1 amide bonds. The number of ether oxygens (including phenoxy) is 1. The number of rotatable bonds is 4. The SMILES string of the molecule is CCOC(=O)Cn1c(=NC(=O)c2cc3c(ccc4ccccc43)oc2=O)sc2cc(C)ccc21. The molecule has 2 heterocycles. The molecule has 0 spiro atoms. The highest BCUT2D eigenvalue weighted by Crippen LogP contribution is 2.25. The molecule has 0 aliphatic rings. The lowest BCUT2D eigenvalue weighted by Gasteiger charge is -2.05. The highest BCUT2D eigenvalue weighted by molar-refractivity contribution is 7.16. The van der Waals surface area contributed by atoms with Crippen molar-refractivity contribution >= 4 is 55.2 Å². The lowest BCUT2D eigenvalue weighted by molar-refractivity contribution is -0.143. The van der Waals surface area contributed by atoms with Crippen LogP contribution in [0.2, 0.25) is 0 Å². The van der Waals surface area contributed by atoms with E-state index in [1.807, 2.05) is 55.5 Å². The molecular weight excluding hydrogens is 452 g/mol. The summed E-state index contributed by atoms with van der Waals surface area (Å²) in [5.74, 6) is -1.17. The average Bonchev–Trinajstić information content (AvgIpc) is 3.14. The van der Waals surface area contributed by atoms with Gasteiger partial charge in [-0.05, 0) is 54.4 Å². The fourth-order valence-corrected chi connectivity index (χ4v) is 5.05. The van der Waals surface area contributed by atoms with Crippen molar-refractivity contribution in [1.29, 1.82) is 0 Å². The largest absolute Gasteiger partial charge is 0.465 e. The number of aryl methyl sites for hydroxylation is 1. The second-order valence-corrected chi connectivity index (χ2v) is 8.82. The maximum atomic E-state index is 13.2. The first-order valence-corrected chi connectivity index (χ1v) is 11.6. The van der Waals surface area contributed by atoms with Crippen molar-refractivity contribution < 1.29 is 18.7 Å². The van der Waals surface area contributed by atoms with Gasteiger partial charge >= 0.3 is 11.6 Å². The fraction of sp³-hybridized carbons (Fsp3) is 0.154. The van der Waals surface area contributed by atoms with Crippen molar-refractivity contribution in [3.8, 4) is 0 Å². The summed E-state index contributed by atoms with van der Waals surface area (Å²) in [5.41, 5.74) is 1.27. The Morgan fingerprint density at radius 3 is 2.71 bits per heavy atom. The van der Waals surface area contributed by atoms with Crippen molar-refractivity contribution in [2.24, 2.45) is 4.99 Å². The lowest BCUT2D eigenvalue weighted by atomic mass is 10.0. The summed E-state index contributed by atoms with van der Waals surface area (Å²) in [6.07, 6.45) is 0. The van der Waals surface area contributed by atoms with Gasteiger partial charge in [0.2, 0.25) is 0 Å². The van der Waals surface area contributed by atoms with E-state index in [4.69, 9.17) is 9.15 Å². The van der Waals surface area contributed by atoms with E-state index in [0.29, 0.717) is 15.8 Å². The summed E-state index contributed by atoms with van der Waals surface area (Å²) < 4.78 is 13.0. The Hall–Kier alpha value is -4.04. The third-order valence-corrected chi connectivity index (χ3v) is 6.54. The molecule has 3 aromatic carbocycles. The molecule has 0 atom stereocenters. The number of esters is 1. The van der Waals surface area contributed by atoms with E-state index in [2.05, 4.69) is 4.99 Å². The minimum atomic E-state index is -0.759. The van der Waals surface area contributed by atoms with Crippen molar-refractivity contribution in [3.63, 3.8) is 0 Å². The molecule has 7 nitrogen and oxygen atoms in total. The van der Waals surface area contributed by atoms with Crippen LogP contribution in [0.25, 0.3) is 32.0 Å². The zero-order valence-electron chi connectivity index (χ0n) is 18.5. The molecule has 0 aliphatic carbocycles. The fourth-order valence-electron chi connectivity index (χ4n) is 3.92. The molecule has 0 N–H and O–H groups in total. The molecule has 8 heteroatoms. The Morgan fingerprint density at radius 2 is 1.88 bits per heavy atom. The summed E-state index contributed by atoms with van der Waals surface area (Å²) >= 11 is 1.27. The molecule has 34 heavy (non-hydrogen) atoms. The van der Waals surface area contributed by atoms with Gasteiger partial charge in [-0.3, -0.25) is 9.59 Å². The number of nitrogens with zero attached hydrogens (tertiary/aromatic N) is 2. The van der Waals surface area contributed by atoms with Gasteiger partial charge in [-0.15, -0.1) is 0 Å². The zero-order valence-corrected chi connectivity index (χ0v) is 19.3. The van der Waals surface area contributed by atoms with Crippen LogP contribution in [-0.4, -0.2) is 23.1 Å². The van der Waals surface area contributed by atoms with Crippen LogP contribution < -0.4 is 10.4 Å². The van der Waals surface area contributed by atoms with Crippen LogP contribution in [0.3, 0.4) is 0 Å². The number of fused-ring (bicyclic) bond motifs is 4. The number of benzene rings is 3. The Kier molecular flexibility index (Phi) is 5.59. The van der Waals surface area contributed by atoms with Gasteiger partial charge in [0.15, 0.2) is 4.80 Å². The smallest absolute Gasteiger partial charge is 0.349 e. The maximum absolute atomic E-state index is 13.2. The number of thiazole rings is 1. The summed E-state index contributed by atoms with van der Waals surface area (Å²) in [7, 11) is 0. The third-order valence-electron chi connectivity index (χ3n) is 5.50. The number of carbonyl (C=O) groups excluding carboxylic acids is 2. The normalized spacial score (nSPS) is 12.0. The number of hydrogen-bond acceptors (Lipinski definition) is 6. The second kappa shape index (κ2) is 8.72. The minimum Gasteiger partial charge on any atom is -0.465 e. The lowest BCUT2D eigenvalue weighted by Crippen LogP contribution is -2.24. The predicted octanol–water partition coefficient (Wildman–Crippen LogP) is 4.58. The highest BCUT2D eigenvalue weighted by Gasteiger charge is 2.17. The first kappa shape index (κ1) is 21.8. The summed E-state index contributed by atoms with van der Waals surface area (Å²) in [5, 5.41) is 2.49. The van der Waals surface area contributed by atoms with Crippen LogP contribution in [0.1, 0.15) is 22.8 Å². The summed E-state index contributed by atoms with van der Waals surface area (Å²) in [6.45, 7) is 3.84. The van der Waals surface area contributed by atoms with Crippen molar-refractivity contribution in [1.82, 2.24) is 4.57 Å². The number of aromatic nitrogens is 1. The van der Waals surface area contributed by atoms with Gasteiger partial charge in [-0.25, -0.2) is 4.79 Å². The average molecular weight is 473 g/mol. The summed E-state index contributed by atoms with van der Waals surface area (Å²) in [6, 6.07) is 18.5. The number of amides is 1. The first-order chi connectivity index (χ1) is 16.4. The Morgan fingerprint density at radius 1 is 1.06 bits per heavy atom. The first-order valence-electron chi connectivity index (χ1n) is 10.7. The number of hydrogen-bond donors (Lipinski definition) is 0. The van der Waals surface area contributed by atoms with E-state index in [-0.39, 0.29) is 18.7 Å². The van der Waals surface area contributed by atoms with Gasteiger partial charge < -0.3 is 13.7 Å². The van der Waals surface area contributed by atoms with E-state index in [9.17, 15) is 14.4 Å². The maximum Gasteiger partial charge on any atom is 0.349 e. The van der Waals surface area contributed by atoms with Gasteiger partial charge in [0, 0.05) is 5.39 Å². The standard InChI is InChI=1S/C26H20N2O5S/c1-3-32-23(29)14-28-20-10-8-15(2)12-22(20)34-26(28)27-24(30)19-13-18-17-7-5-4-6-16(17)9-11-21(18)33-25(19)31/h4-13H,3,14H2,1-2H3. The van der Waals surface area contributed by atoms with E-state index >= 15 is 0 Å². The molecule has 0 fully saturated rings. The predicted molar refractivity (Wildman–Crippen MR) is 131 cm³/mol. The monoisotopic (exact) mass is 472 g/mol. The zero-order chi connectivity index (χ0) is 23.8.